The summed E-state index contributed by atoms with van der Waals surface area (Å²) in [5, 5.41) is 25.4. The molecule has 0 aliphatic carbocycles. The van der Waals surface area contributed by atoms with Gasteiger partial charge in [-0.3, -0.25) is 9.78 Å². The number of aromatic nitrogens is 3. The summed E-state index contributed by atoms with van der Waals surface area (Å²) >= 11 is 0. The summed E-state index contributed by atoms with van der Waals surface area (Å²) < 4.78 is 48.3. The number of carbonyl (C=O) groups is 1. The smallest absolute Gasteiger partial charge is 0.434 e. The van der Waals surface area contributed by atoms with Crippen molar-refractivity contribution in [1.82, 2.24) is 20.3 Å². The second-order valence-corrected chi connectivity index (χ2v) is 5.94. The fourth-order valence-electron chi connectivity index (χ4n) is 2.56. The number of hydrogen-bond donors (Lipinski definition) is 4. The first-order valence-electron chi connectivity index (χ1n) is 8.07. The highest BCUT2D eigenvalue weighted by molar-refractivity contribution is 5.89. The fraction of sp³-hybridized carbons (Fsp3) is 0.467. The lowest BCUT2D eigenvalue weighted by Gasteiger charge is -2.38. The van der Waals surface area contributed by atoms with E-state index in [2.05, 4.69) is 25.6 Å². The number of amides is 1. The molecule has 2 aromatic heterocycles. The van der Waals surface area contributed by atoms with Crippen LogP contribution in [0.5, 0.6) is 0 Å². The van der Waals surface area contributed by atoms with Gasteiger partial charge < -0.3 is 30.0 Å². The normalized spacial score (nSPS) is 25.3. The Morgan fingerprint density at radius 2 is 2.07 bits per heavy atom. The minimum atomic E-state index is -4.67. The van der Waals surface area contributed by atoms with Gasteiger partial charge in [0.2, 0.25) is 0 Å². The molecule has 10 nitrogen and oxygen atoms in total. The molecular weight excluding hydrogens is 387 g/mol. The average Bonchev–Trinajstić information content (AvgIpc) is 3.19. The van der Waals surface area contributed by atoms with Crippen LogP contribution in [0.1, 0.15) is 16.4 Å². The maximum absolute atomic E-state index is 12.7. The Morgan fingerprint density at radius 1 is 1.29 bits per heavy atom. The van der Waals surface area contributed by atoms with Crippen LogP contribution >= 0.6 is 0 Å². The third-order valence-corrected chi connectivity index (χ3v) is 3.98. The highest BCUT2D eigenvalue weighted by Gasteiger charge is 2.39. The number of aliphatic hydroxyl groups excluding tert-OH is 2. The molecule has 1 aliphatic heterocycles. The van der Waals surface area contributed by atoms with Crippen LogP contribution < -0.4 is 10.6 Å². The Bertz CT molecular complexity index is 804. The lowest BCUT2D eigenvalue weighted by atomic mass is 9.98. The molecule has 152 valence electrons. The zero-order chi connectivity index (χ0) is 20.3. The van der Waals surface area contributed by atoms with Gasteiger partial charge in [0, 0.05) is 6.54 Å². The average molecular weight is 403 g/mol. The summed E-state index contributed by atoms with van der Waals surface area (Å²) in [5.41, 5.74) is -1.20. The minimum absolute atomic E-state index is 0.143. The zero-order valence-corrected chi connectivity index (χ0v) is 14.1. The van der Waals surface area contributed by atoms with Gasteiger partial charge in [-0.2, -0.15) is 13.2 Å². The lowest BCUT2D eigenvalue weighted by molar-refractivity contribution is -0.141. The molecule has 0 saturated carbocycles. The Labute approximate surface area is 155 Å². The number of ether oxygens (including phenoxy) is 1. The number of rotatable bonds is 5. The maximum atomic E-state index is 12.7. The summed E-state index contributed by atoms with van der Waals surface area (Å²) in [6.45, 7) is -0.300. The van der Waals surface area contributed by atoms with Gasteiger partial charge in [0.25, 0.3) is 5.89 Å². The number of nitrogens with zero attached hydrogens (tertiary/aromatic N) is 3. The van der Waals surface area contributed by atoms with Gasteiger partial charge >= 0.3 is 12.1 Å². The zero-order valence-electron chi connectivity index (χ0n) is 14.1. The van der Waals surface area contributed by atoms with Gasteiger partial charge in [0.15, 0.2) is 5.69 Å². The number of alkyl halides is 3. The van der Waals surface area contributed by atoms with Crippen molar-refractivity contribution >= 4 is 11.7 Å². The van der Waals surface area contributed by atoms with Crippen molar-refractivity contribution in [3.63, 3.8) is 0 Å². The van der Waals surface area contributed by atoms with Gasteiger partial charge in [0.05, 0.1) is 31.2 Å². The third-order valence-electron chi connectivity index (χ3n) is 3.98. The van der Waals surface area contributed by atoms with Crippen LogP contribution in [-0.2, 0) is 10.9 Å². The number of anilines is 1. The molecule has 0 spiro atoms. The molecule has 0 bridgehead atoms. The summed E-state index contributed by atoms with van der Waals surface area (Å²) in [6, 6.07) is -0.938. The van der Waals surface area contributed by atoms with Gasteiger partial charge in [-0.05, 0) is 0 Å². The molecular formula is C15H16F3N5O5. The van der Waals surface area contributed by atoms with E-state index in [1.165, 1.54) is 12.5 Å². The van der Waals surface area contributed by atoms with Crippen LogP contribution in [0, 0.1) is 0 Å². The molecule has 1 fully saturated rings. The molecule has 1 amide bonds. The second-order valence-electron chi connectivity index (χ2n) is 5.94. The van der Waals surface area contributed by atoms with Crippen LogP contribution in [-0.4, -0.2) is 68.6 Å². The molecule has 3 heterocycles. The van der Waals surface area contributed by atoms with Crippen LogP contribution in [0.15, 0.2) is 29.3 Å². The van der Waals surface area contributed by atoms with Crippen molar-refractivity contribution in [3.05, 3.63) is 36.4 Å². The first-order chi connectivity index (χ1) is 13.3. The molecule has 1 saturated heterocycles. The fourth-order valence-corrected chi connectivity index (χ4v) is 2.56. The number of halogens is 3. The van der Waals surface area contributed by atoms with E-state index in [4.69, 9.17) is 9.15 Å². The van der Waals surface area contributed by atoms with E-state index >= 15 is 0 Å². The maximum Gasteiger partial charge on any atom is 0.434 e. The molecule has 4 N–H and O–H groups in total. The SMILES string of the molecule is O=C(NC[C@H]1OC[C@H](Nc2cncc(C(F)(F)F)n2)[C@@H](O)[C@H]1O)c1ncco1. The van der Waals surface area contributed by atoms with Gasteiger partial charge in [-0.1, -0.05) is 0 Å². The van der Waals surface area contributed by atoms with E-state index in [-0.39, 0.29) is 24.9 Å². The second kappa shape index (κ2) is 8.08. The summed E-state index contributed by atoms with van der Waals surface area (Å²) in [7, 11) is 0. The number of nitrogens with one attached hydrogen (secondary N) is 2. The van der Waals surface area contributed by atoms with Gasteiger partial charge in [-0.15, -0.1) is 0 Å². The summed E-state index contributed by atoms with van der Waals surface area (Å²) in [5.74, 6) is -1.03. The molecule has 0 radical (unpaired) electrons. The number of aliphatic hydroxyl groups is 2. The van der Waals surface area contributed by atoms with E-state index < -0.39 is 42.1 Å². The van der Waals surface area contributed by atoms with E-state index in [0.29, 0.717) is 6.20 Å². The molecule has 0 aromatic carbocycles. The molecule has 3 rings (SSSR count). The van der Waals surface area contributed by atoms with E-state index in [1.54, 1.807) is 0 Å². The third kappa shape index (κ3) is 4.55. The lowest BCUT2D eigenvalue weighted by Crippen LogP contribution is -2.58. The first-order valence-corrected chi connectivity index (χ1v) is 8.07. The Kier molecular flexibility index (Phi) is 5.76. The van der Waals surface area contributed by atoms with Gasteiger partial charge in [-0.25, -0.2) is 9.97 Å². The van der Waals surface area contributed by atoms with Crippen molar-refractivity contribution < 1.29 is 37.3 Å². The van der Waals surface area contributed by atoms with Crippen LogP contribution in [0.4, 0.5) is 19.0 Å². The van der Waals surface area contributed by atoms with Crippen molar-refractivity contribution in [2.45, 2.75) is 30.5 Å². The quantitative estimate of drug-likeness (QED) is 0.534. The summed E-state index contributed by atoms with van der Waals surface area (Å²) in [6.07, 6.45) is -4.30. The van der Waals surface area contributed by atoms with Gasteiger partial charge in [0.1, 0.15) is 30.4 Å². The van der Waals surface area contributed by atoms with E-state index in [9.17, 15) is 28.2 Å². The summed E-state index contributed by atoms with van der Waals surface area (Å²) in [4.78, 5) is 22.3. The highest BCUT2D eigenvalue weighted by atomic mass is 19.4. The number of oxazole rings is 1. The largest absolute Gasteiger partial charge is 0.441 e. The molecule has 28 heavy (non-hydrogen) atoms. The van der Waals surface area contributed by atoms with Crippen molar-refractivity contribution in [2.24, 2.45) is 0 Å². The number of carbonyl (C=O) groups excluding carboxylic acids is 1. The predicted octanol–water partition coefficient (Wildman–Crippen LogP) is -0.186. The van der Waals surface area contributed by atoms with Crippen LogP contribution in [0.25, 0.3) is 0 Å². The van der Waals surface area contributed by atoms with Crippen molar-refractivity contribution in [3.8, 4) is 0 Å². The van der Waals surface area contributed by atoms with E-state index in [1.807, 2.05) is 0 Å². The van der Waals surface area contributed by atoms with Crippen LogP contribution in [0.3, 0.4) is 0 Å². The van der Waals surface area contributed by atoms with Crippen LogP contribution in [0.2, 0.25) is 0 Å². The minimum Gasteiger partial charge on any atom is -0.441 e. The standard InChI is InChI=1S/C15H16F3N5O5/c16-15(17,18)9-4-19-5-10(23-9)22-7-6-28-8(12(25)11(7)24)3-21-13(26)14-20-1-2-27-14/h1-2,4-5,7-8,11-12,24-25H,3,6H2,(H,21,26)(H,22,23)/t7-,8+,11+,12-/m0/s1. The highest BCUT2D eigenvalue weighted by Crippen LogP contribution is 2.28. The molecule has 1 aliphatic rings. The molecule has 13 heteroatoms. The van der Waals surface area contributed by atoms with Crippen molar-refractivity contribution in [1.29, 1.82) is 0 Å². The van der Waals surface area contributed by atoms with Crippen molar-refractivity contribution in [2.75, 3.05) is 18.5 Å². The Balaban J connectivity index is 1.57. The Hall–Kier alpha value is -2.77. The number of hydrogen-bond acceptors (Lipinski definition) is 9. The molecule has 0 unspecified atom stereocenters. The predicted molar refractivity (Wildman–Crippen MR) is 85.0 cm³/mol. The molecule has 2 aromatic rings. The Morgan fingerprint density at radius 3 is 2.75 bits per heavy atom. The monoisotopic (exact) mass is 403 g/mol. The van der Waals surface area contributed by atoms with E-state index in [0.717, 1.165) is 6.20 Å². The first kappa shape index (κ1) is 20.0. The molecule has 4 atom stereocenters. The topological polar surface area (TPSA) is 143 Å².